The lowest BCUT2D eigenvalue weighted by Crippen LogP contribution is -2.51. The average molecular weight is 479 g/mol. The van der Waals surface area contributed by atoms with Gasteiger partial charge in [0.1, 0.15) is 0 Å². The number of hydrogen-bond acceptors (Lipinski definition) is 6. The van der Waals surface area contributed by atoms with Crippen LogP contribution in [0.5, 0.6) is 0 Å². The number of esters is 1. The Morgan fingerprint density at radius 2 is 1.78 bits per heavy atom. The van der Waals surface area contributed by atoms with E-state index in [9.17, 15) is 18.0 Å². The fourth-order valence-corrected chi connectivity index (χ4v) is 4.78. The number of carbonyl (C=O) groups is 2. The number of hydrogen-bond donors (Lipinski definition) is 0. The first kappa shape index (κ1) is 22.2. The van der Waals surface area contributed by atoms with Crippen molar-refractivity contribution in [3.63, 3.8) is 0 Å². The molecule has 0 saturated carbocycles. The molecule has 2 rings (SSSR count). The van der Waals surface area contributed by atoms with Gasteiger partial charge in [-0.3, -0.25) is 9.59 Å². The van der Waals surface area contributed by atoms with Gasteiger partial charge in [0.15, 0.2) is 6.61 Å². The largest absolute Gasteiger partial charge is 0.455 e. The van der Waals surface area contributed by atoms with E-state index in [0.29, 0.717) is 13.1 Å². The summed E-state index contributed by atoms with van der Waals surface area (Å²) in [7, 11) is -3.24. The first-order valence-corrected chi connectivity index (χ1v) is 12.0. The van der Waals surface area contributed by atoms with E-state index >= 15 is 0 Å². The average Bonchev–Trinajstić information content (AvgIpc) is 2.61. The van der Waals surface area contributed by atoms with Crippen LogP contribution in [0.4, 0.5) is 0 Å². The Kier molecular flexibility index (Phi) is 7.73. The first-order chi connectivity index (χ1) is 12.6. The molecular formula is C17H23BrN2O5S2. The number of sulfonamides is 1. The molecule has 1 aromatic rings. The zero-order chi connectivity index (χ0) is 20.2. The number of ether oxygens (including phenoxy) is 1. The third-order valence-electron chi connectivity index (χ3n) is 4.22. The highest BCUT2D eigenvalue weighted by molar-refractivity contribution is 9.10. The molecule has 0 N–H and O–H groups in total. The van der Waals surface area contributed by atoms with Gasteiger partial charge in [-0.2, -0.15) is 4.31 Å². The normalized spacial score (nSPS) is 15.6. The summed E-state index contributed by atoms with van der Waals surface area (Å²) in [6, 6.07) is 4.01. The molecular weight excluding hydrogens is 456 g/mol. The van der Waals surface area contributed by atoms with Crippen LogP contribution in [0.2, 0.25) is 0 Å². The molecule has 0 radical (unpaired) electrons. The Labute approximate surface area is 172 Å². The van der Waals surface area contributed by atoms with Gasteiger partial charge in [-0.1, -0.05) is 15.9 Å². The molecule has 0 unspecified atom stereocenters. The third-order valence-corrected chi connectivity index (χ3v) is 7.51. The zero-order valence-electron chi connectivity index (χ0n) is 15.5. The van der Waals surface area contributed by atoms with E-state index in [1.807, 2.05) is 26.0 Å². The number of benzene rings is 1. The van der Waals surface area contributed by atoms with Crippen molar-refractivity contribution in [2.75, 3.05) is 44.8 Å². The Morgan fingerprint density at radius 3 is 2.37 bits per heavy atom. The Hall–Kier alpha value is -1.10. The quantitative estimate of drug-likeness (QED) is 0.457. The second-order valence-corrected chi connectivity index (χ2v) is 10.2. The molecule has 0 aromatic heterocycles. The molecule has 0 aliphatic carbocycles. The molecule has 1 aliphatic heterocycles. The van der Waals surface area contributed by atoms with Crippen molar-refractivity contribution in [1.82, 2.24) is 9.21 Å². The number of aryl methyl sites for hydroxylation is 2. The molecule has 1 amide bonds. The molecule has 1 saturated heterocycles. The minimum absolute atomic E-state index is 0.122. The number of thioether (sulfide) groups is 1. The molecule has 1 heterocycles. The van der Waals surface area contributed by atoms with Crippen LogP contribution in [0, 0.1) is 13.8 Å². The van der Waals surface area contributed by atoms with E-state index in [-0.39, 0.29) is 31.4 Å². The molecule has 0 spiro atoms. The van der Waals surface area contributed by atoms with Gasteiger partial charge in [0.2, 0.25) is 10.0 Å². The van der Waals surface area contributed by atoms with E-state index in [1.54, 1.807) is 0 Å². The fraction of sp³-hybridized carbons (Fsp3) is 0.529. The van der Waals surface area contributed by atoms with Crippen LogP contribution in [-0.2, 0) is 24.3 Å². The van der Waals surface area contributed by atoms with E-state index in [2.05, 4.69) is 15.9 Å². The van der Waals surface area contributed by atoms with E-state index in [4.69, 9.17) is 4.74 Å². The van der Waals surface area contributed by atoms with Crippen LogP contribution >= 0.6 is 27.7 Å². The summed E-state index contributed by atoms with van der Waals surface area (Å²) in [4.78, 5) is 26.6. The maximum Gasteiger partial charge on any atom is 0.316 e. The topological polar surface area (TPSA) is 84.0 Å². The lowest BCUT2D eigenvalue weighted by Gasteiger charge is -2.33. The minimum atomic E-state index is -3.24. The van der Waals surface area contributed by atoms with Gasteiger partial charge in [-0.25, -0.2) is 8.42 Å². The number of halogens is 1. The molecule has 1 aliphatic rings. The summed E-state index contributed by atoms with van der Waals surface area (Å²) in [5.41, 5.74) is 2.14. The summed E-state index contributed by atoms with van der Waals surface area (Å²) in [6.07, 6.45) is 1.15. The van der Waals surface area contributed by atoms with Crippen molar-refractivity contribution >= 4 is 49.6 Å². The summed E-state index contributed by atoms with van der Waals surface area (Å²) < 4.78 is 30.4. The lowest BCUT2D eigenvalue weighted by molar-refractivity contribution is -0.150. The number of rotatable bonds is 6. The van der Waals surface area contributed by atoms with Crippen molar-refractivity contribution in [2.45, 2.75) is 18.7 Å². The highest BCUT2D eigenvalue weighted by Gasteiger charge is 2.26. The molecule has 150 valence electrons. The maximum atomic E-state index is 12.1. The minimum Gasteiger partial charge on any atom is -0.455 e. The first-order valence-electron chi connectivity index (χ1n) is 8.36. The van der Waals surface area contributed by atoms with Crippen LogP contribution in [0.25, 0.3) is 0 Å². The van der Waals surface area contributed by atoms with E-state index in [1.165, 1.54) is 21.0 Å². The zero-order valence-corrected chi connectivity index (χ0v) is 18.7. The van der Waals surface area contributed by atoms with Crippen molar-refractivity contribution < 1.29 is 22.7 Å². The molecule has 0 bridgehead atoms. The molecule has 1 aromatic carbocycles. The lowest BCUT2D eigenvalue weighted by atomic mass is 10.2. The van der Waals surface area contributed by atoms with Crippen LogP contribution in [0.3, 0.4) is 0 Å². The number of piperazine rings is 1. The smallest absolute Gasteiger partial charge is 0.316 e. The maximum absolute atomic E-state index is 12.1. The second-order valence-electron chi connectivity index (χ2n) is 6.36. The van der Waals surface area contributed by atoms with Crippen LogP contribution in [-0.4, -0.2) is 74.3 Å². The van der Waals surface area contributed by atoms with Crippen LogP contribution in [0.1, 0.15) is 11.1 Å². The summed E-state index contributed by atoms with van der Waals surface area (Å²) >= 11 is 4.85. The standard InChI is InChI=1S/C17H23BrN2O5S2/c1-12-9-15(13(2)8-14(12)18)26-11-17(22)25-10-16(21)19-4-6-20(7-5-19)27(3,23)24/h8-9H,4-7,10-11H2,1-3H3. The van der Waals surface area contributed by atoms with Crippen molar-refractivity contribution in [2.24, 2.45) is 0 Å². The number of carbonyl (C=O) groups excluding carboxylic acids is 2. The highest BCUT2D eigenvalue weighted by Crippen LogP contribution is 2.28. The third kappa shape index (κ3) is 6.48. The predicted octanol–water partition coefficient (Wildman–Crippen LogP) is 1.81. The number of nitrogens with zero attached hydrogens (tertiary/aromatic N) is 2. The Bertz CT molecular complexity index is 821. The molecule has 10 heteroatoms. The van der Waals surface area contributed by atoms with Gasteiger partial charge in [-0.05, 0) is 37.1 Å². The fourth-order valence-electron chi connectivity index (χ4n) is 2.59. The molecule has 27 heavy (non-hydrogen) atoms. The summed E-state index contributed by atoms with van der Waals surface area (Å²) in [5.74, 6) is -0.642. The molecule has 7 nitrogen and oxygen atoms in total. The van der Waals surface area contributed by atoms with E-state index < -0.39 is 16.0 Å². The monoisotopic (exact) mass is 478 g/mol. The number of amides is 1. The van der Waals surface area contributed by atoms with Crippen LogP contribution in [0.15, 0.2) is 21.5 Å². The predicted molar refractivity (Wildman–Crippen MR) is 108 cm³/mol. The van der Waals surface area contributed by atoms with Gasteiger partial charge in [0, 0.05) is 35.5 Å². The highest BCUT2D eigenvalue weighted by atomic mass is 79.9. The van der Waals surface area contributed by atoms with E-state index in [0.717, 1.165) is 26.8 Å². The van der Waals surface area contributed by atoms with Crippen LogP contribution < -0.4 is 0 Å². The summed E-state index contributed by atoms with van der Waals surface area (Å²) in [6.45, 7) is 4.75. The SMILES string of the molecule is Cc1cc(SCC(=O)OCC(=O)N2CCN(S(C)(=O)=O)CC2)c(C)cc1Br. The summed E-state index contributed by atoms with van der Waals surface area (Å²) in [5, 5.41) is 0. The second kappa shape index (κ2) is 9.40. The Balaban J connectivity index is 1.76. The van der Waals surface area contributed by atoms with Gasteiger partial charge in [0.25, 0.3) is 5.91 Å². The van der Waals surface area contributed by atoms with Gasteiger partial charge in [0.05, 0.1) is 12.0 Å². The Morgan fingerprint density at radius 1 is 1.15 bits per heavy atom. The molecule has 1 fully saturated rings. The van der Waals surface area contributed by atoms with Crippen molar-refractivity contribution in [1.29, 1.82) is 0 Å². The molecule has 0 atom stereocenters. The van der Waals surface area contributed by atoms with Crippen molar-refractivity contribution in [3.8, 4) is 0 Å². The van der Waals surface area contributed by atoms with Crippen molar-refractivity contribution in [3.05, 3.63) is 27.7 Å². The van der Waals surface area contributed by atoms with Gasteiger partial charge >= 0.3 is 5.97 Å². The van der Waals surface area contributed by atoms with Gasteiger partial charge < -0.3 is 9.64 Å². The van der Waals surface area contributed by atoms with Gasteiger partial charge in [-0.15, -0.1) is 11.8 Å².